The summed E-state index contributed by atoms with van der Waals surface area (Å²) in [6, 6.07) is 0. The summed E-state index contributed by atoms with van der Waals surface area (Å²) in [5, 5.41) is 12.1. The van der Waals surface area contributed by atoms with E-state index in [0.717, 1.165) is 5.92 Å². The molecule has 2 aliphatic carbocycles. The van der Waals surface area contributed by atoms with E-state index in [9.17, 15) is 9.59 Å². The molecular formula is C15H23NO3. The highest BCUT2D eigenvalue weighted by atomic mass is 16.4. The average Bonchev–Trinajstić information content (AvgIpc) is 2.81. The summed E-state index contributed by atoms with van der Waals surface area (Å²) in [4.78, 5) is 23.3. The van der Waals surface area contributed by atoms with Crippen LogP contribution in [0.4, 0.5) is 0 Å². The van der Waals surface area contributed by atoms with Crippen LogP contribution in [-0.4, -0.2) is 23.5 Å². The Hall–Kier alpha value is -1.32. The minimum atomic E-state index is -0.862. The summed E-state index contributed by atoms with van der Waals surface area (Å²) >= 11 is 0. The number of amides is 1. The second kappa shape index (κ2) is 6.22. The van der Waals surface area contributed by atoms with Crippen LogP contribution < -0.4 is 5.32 Å². The van der Waals surface area contributed by atoms with Crippen LogP contribution in [-0.2, 0) is 9.59 Å². The fourth-order valence-corrected chi connectivity index (χ4v) is 3.26. The lowest BCUT2D eigenvalue weighted by Crippen LogP contribution is -2.40. The number of nitrogens with one attached hydrogen (secondary N) is 1. The Kier molecular flexibility index (Phi) is 4.61. The SMILES string of the molecule is CC1CCC(CNC(=O)C2CC=CCC2C(=O)O)C1. The number of carbonyl (C=O) groups is 2. The van der Waals surface area contributed by atoms with Crippen LogP contribution in [0, 0.1) is 23.7 Å². The van der Waals surface area contributed by atoms with E-state index >= 15 is 0 Å². The lowest BCUT2D eigenvalue weighted by molar-refractivity contribution is -0.147. The van der Waals surface area contributed by atoms with Gasteiger partial charge in [-0.2, -0.15) is 0 Å². The molecule has 0 spiro atoms. The predicted octanol–water partition coefficient (Wildman–Crippen LogP) is 2.21. The molecule has 0 saturated heterocycles. The van der Waals surface area contributed by atoms with Crippen molar-refractivity contribution in [2.75, 3.05) is 6.54 Å². The van der Waals surface area contributed by atoms with Crippen molar-refractivity contribution in [3.05, 3.63) is 12.2 Å². The van der Waals surface area contributed by atoms with Crippen LogP contribution in [0.3, 0.4) is 0 Å². The quantitative estimate of drug-likeness (QED) is 0.766. The van der Waals surface area contributed by atoms with Crippen molar-refractivity contribution >= 4 is 11.9 Å². The Morgan fingerprint density at radius 3 is 2.47 bits per heavy atom. The molecule has 0 heterocycles. The molecule has 106 valence electrons. The van der Waals surface area contributed by atoms with Crippen molar-refractivity contribution in [3.8, 4) is 0 Å². The van der Waals surface area contributed by atoms with Crippen LogP contribution in [0.2, 0.25) is 0 Å². The molecule has 0 aromatic heterocycles. The van der Waals surface area contributed by atoms with E-state index in [1.807, 2.05) is 12.2 Å². The molecule has 1 saturated carbocycles. The summed E-state index contributed by atoms with van der Waals surface area (Å²) in [7, 11) is 0. The molecule has 4 heteroatoms. The molecule has 1 fully saturated rings. The lowest BCUT2D eigenvalue weighted by Gasteiger charge is -2.24. The molecule has 0 bridgehead atoms. The Morgan fingerprint density at radius 1 is 1.21 bits per heavy atom. The number of allylic oxidation sites excluding steroid dienone is 2. The molecule has 0 radical (unpaired) electrons. The third-order valence-electron chi connectivity index (χ3n) is 4.45. The van der Waals surface area contributed by atoms with Gasteiger partial charge >= 0.3 is 5.97 Å². The average molecular weight is 265 g/mol. The van der Waals surface area contributed by atoms with Gasteiger partial charge in [-0.05, 0) is 37.5 Å². The van der Waals surface area contributed by atoms with Gasteiger partial charge in [-0.1, -0.05) is 25.5 Å². The third kappa shape index (κ3) is 3.58. The number of hydrogen-bond donors (Lipinski definition) is 2. The Bertz CT molecular complexity index is 378. The Labute approximate surface area is 114 Å². The van der Waals surface area contributed by atoms with Gasteiger partial charge in [0.15, 0.2) is 0 Å². The zero-order chi connectivity index (χ0) is 13.8. The zero-order valence-electron chi connectivity index (χ0n) is 11.5. The molecule has 0 aromatic rings. The van der Waals surface area contributed by atoms with Crippen molar-refractivity contribution in [3.63, 3.8) is 0 Å². The van der Waals surface area contributed by atoms with Crippen molar-refractivity contribution in [2.45, 2.75) is 39.0 Å². The number of aliphatic carboxylic acids is 1. The minimum absolute atomic E-state index is 0.0868. The second-order valence-electron chi connectivity index (χ2n) is 6.02. The molecular weight excluding hydrogens is 242 g/mol. The first kappa shape index (κ1) is 14.1. The molecule has 2 rings (SSSR count). The van der Waals surface area contributed by atoms with Gasteiger partial charge in [0.05, 0.1) is 11.8 Å². The zero-order valence-corrected chi connectivity index (χ0v) is 11.5. The van der Waals surface area contributed by atoms with Gasteiger partial charge < -0.3 is 10.4 Å². The van der Waals surface area contributed by atoms with Gasteiger partial charge in [0.25, 0.3) is 0 Å². The fourth-order valence-electron chi connectivity index (χ4n) is 3.26. The summed E-state index contributed by atoms with van der Waals surface area (Å²) in [5.74, 6) is -0.586. The monoisotopic (exact) mass is 265 g/mol. The van der Waals surface area contributed by atoms with E-state index in [0.29, 0.717) is 25.3 Å². The van der Waals surface area contributed by atoms with E-state index in [4.69, 9.17) is 5.11 Å². The van der Waals surface area contributed by atoms with Gasteiger partial charge in [-0.25, -0.2) is 0 Å². The maximum Gasteiger partial charge on any atom is 0.307 e. The maximum absolute atomic E-state index is 12.1. The van der Waals surface area contributed by atoms with Crippen molar-refractivity contribution in [1.82, 2.24) is 5.32 Å². The smallest absolute Gasteiger partial charge is 0.307 e. The maximum atomic E-state index is 12.1. The highest BCUT2D eigenvalue weighted by Crippen LogP contribution is 2.30. The number of carboxylic acid groups (broad SMARTS) is 1. The van der Waals surface area contributed by atoms with E-state index in [1.165, 1.54) is 19.3 Å². The minimum Gasteiger partial charge on any atom is -0.481 e. The molecule has 1 amide bonds. The van der Waals surface area contributed by atoms with E-state index < -0.39 is 17.8 Å². The highest BCUT2D eigenvalue weighted by Gasteiger charge is 2.34. The summed E-state index contributed by atoms with van der Waals surface area (Å²) < 4.78 is 0. The van der Waals surface area contributed by atoms with E-state index in [1.54, 1.807) is 0 Å². The third-order valence-corrected chi connectivity index (χ3v) is 4.45. The van der Waals surface area contributed by atoms with E-state index in [-0.39, 0.29) is 5.91 Å². The van der Waals surface area contributed by atoms with Gasteiger partial charge in [0.2, 0.25) is 5.91 Å². The first-order chi connectivity index (χ1) is 9.08. The largest absolute Gasteiger partial charge is 0.481 e. The van der Waals surface area contributed by atoms with Gasteiger partial charge in [0.1, 0.15) is 0 Å². The molecule has 19 heavy (non-hydrogen) atoms. The van der Waals surface area contributed by atoms with Gasteiger partial charge in [-0.3, -0.25) is 9.59 Å². The van der Waals surface area contributed by atoms with Crippen LogP contribution in [0.5, 0.6) is 0 Å². The standard InChI is InChI=1S/C15H23NO3/c1-10-6-7-11(8-10)9-16-14(17)12-4-2-3-5-13(12)15(18)19/h2-3,10-13H,4-9H2,1H3,(H,16,17)(H,18,19). The van der Waals surface area contributed by atoms with Crippen LogP contribution >= 0.6 is 0 Å². The van der Waals surface area contributed by atoms with E-state index in [2.05, 4.69) is 12.2 Å². The van der Waals surface area contributed by atoms with Crippen molar-refractivity contribution in [2.24, 2.45) is 23.7 Å². The van der Waals surface area contributed by atoms with Gasteiger partial charge in [0, 0.05) is 6.54 Å². The molecule has 0 aliphatic heterocycles. The number of hydrogen-bond acceptors (Lipinski definition) is 2. The Balaban J connectivity index is 1.84. The Morgan fingerprint density at radius 2 is 1.89 bits per heavy atom. The number of carbonyl (C=O) groups excluding carboxylic acids is 1. The summed E-state index contributed by atoms with van der Waals surface area (Å²) in [6.45, 7) is 2.95. The summed E-state index contributed by atoms with van der Waals surface area (Å²) in [5.41, 5.74) is 0. The van der Waals surface area contributed by atoms with Crippen LogP contribution in [0.25, 0.3) is 0 Å². The van der Waals surface area contributed by atoms with Crippen LogP contribution in [0.1, 0.15) is 39.0 Å². The van der Waals surface area contributed by atoms with Crippen LogP contribution in [0.15, 0.2) is 12.2 Å². The van der Waals surface area contributed by atoms with Crippen molar-refractivity contribution in [1.29, 1.82) is 0 Å². The topological polar surface area (TPSA) is 66.4 Å². The number of rotatable bonds is 4. The second-order valence-corrected chi connectivity index (χ2v) is 6.02. The van der Waals surface area contributed by atoms with Gasteiger partial charge in [-0.15, -0.1) is 0 Å². The van der Waals surface area contributed by atoms with Crippen molar-refractivity contribution < 1.29 is 14.7 Å². The molecule has 4 unspecified atom stereocenters. The lowest BCUT2D eigenvalue weighted by atomic mass is 9.82. The number of carboxylic acids is 1. The molecule has 4 atom stereocenters. The normalized spacial score (nSPS) is 34.2. The molecule has 0 aromatic carbocycles. The molecule has 2 aliphatic rings. The fraction of sp³-hybridized carbons (Fsp3) is 0.733. The molecule has 2 N–H and O–H groups in total. The first-order valence-electron chi connectivity index (χ1n) is 7.23. The predicted molar refractivity (Wildman–Crippen MR) is 72.5 cm³/mol. The summed E-state index contributed by atoms with van der Waals surface area (Å²) in [6.07, 6.45) is 8.38. The highest BCUT2D eigenvalue weighted by molar-refractivity contribution is 5.85. The molecule has 4 nitrogen and oxygen atoms in total. The first-order valence-corrected chi connectivity index (χ1v) is 7.23.